The van der Waals surface area contributed by atoms with Gasteiger partial charge >= 0.3 is 0 Å². The van der Waals surface area contributed by atoms with Crippen LogP contribution in [0.25, 0.3) is 22.3 Å². The number of thioether (sulfide) groups is 1. The number of allylic oxidation sites excluding steroid dienone is 1. The van der Waals surface area contributed by atoms with Gasteiger partial charge in [0.2, 0.25) is 0 Å². The quantitative estimate of drug-likeness (QED) is 0.127. The molecule has 0 aliphatic heterocycles. The maximum Gasteiger partial charge on any atom is 0.197 e. The number of aromatic hydroxyl groups is 1. The molecule has 1 aromatic heterocycles. The zero-order chi connectivity index (χ0) is 29.8. The van der Waals surface area contributed by atoms with Crippen molar-refractivity contribution in [1.82, 2.24) is 0 Å². The fourth-order valence-corrected chi connectivity index (χ4v) is 6.35. The first-order valence-corrected chi connectivity index (χ1v) is 16.6. The molecule has 0 aliphatic rings. The van der Waals surface area contributed by atoms with Crippen LogP contribution in [0, 0.1) is 23.6 Å². The largest absolute Gasteiger partial charge is 0.508 e. The molecular formula is C36H49FO3S. The lowest BCUT2D eigenvalue weighted by atomic mass is 9.91. The number of benzene rings is 2. The Morgan fingerprint density at radius 3 is 2.22 bits per heavy atom. The third kappa shape index (κ3) is 11.0. The second-order valence-corrected chi connectivity index (χ2v) is 13.4. The van der Waals surface area contributed by atoms with E-state index < -0.39 is 0 Å². The van der Waals surface area contributed by atoms with Crippen LogP contribution in [0.3, 0.4) is 0 Å². The summed E-state index contributed by atoms with van der Waals surface area (Å²) in [6, 6.07) is 10.5. The lowest BCUT2D eigenvalue weighted by Gasteiger charge is -2.15. The van der Waals surface area contributed by atoms with Crippen LogP contribution < -0.4 is 5.43 Å². The van der Waals surface area contributed by atoms with E-state index in [0.29, 0.717) is 33.6 Å². The summed E-state index contributed by atoms with van der Waals surface area (Å²) in [5, 5.41) is 10.3. The molecule has 0 fully saturated rings. The predicted molar refractivity (Wildman–Crippen MR) is 174 cm³/mol. The summed E-state index contributed by atoms with van der Waals surface area (Å²) in [7, 11) is 0. The predicted octanol–water partition coefficient (Wildman–Crippen LogP) is 10.9. The number of halogens is 1. The van der Waals surface area contributed by atoms with E-state index in [9.17, 15) is 14.3 Å². The minimum atomic E-state index is -0.338. The molecule has 5 heteroatoms. The highest BCUT2D eigenvalue weighted by atomic mass is 32.2. The molecule has 0 bridgehead atoms. The van der Waals surface area contributed by atoms with Gasteiger partial charge in [0.1, 0.15) is 22.9 Å². The average Bonchev–Trinajstić information content (AvgIpc) is 2.92. The maximum atomic E-state index is 13.5. The molecule has 2 aromatic carbocycles. The Morgan fingerprint density at radius 1 is 0.927 bits per heavy atom. The van der Waals surface area contributed by atoms with Gasteiger partial charge in [-0.2, -0.15) is 11.8 Å². The summed E-state index contributed by atoms with van der Waals surface area (Å²) in [4.78, 5) is 13.4. The summed E-state index contributed by atoms with van der Waals surface area (Å²) in [6.45, 7) is 11.6. The third-order valence-electron chi connectivity index (χ3n) is 8.01. The van der Waals surface area contributed by atoms with Crippen molar-refractivity contribution in [3.05, 3.63) is 75.7 Å². The number of hydrogen-bond acceptors (Lipinski definition) is 4. The fourth-order valence-electron chi connectivity index (χ4n) is 5.36. The molecular weight excluding hydrogens is 531 g/mol. The van der Waals surface area contributed by atoms with Crippen LogP contribution in [0.2, 0.25) is 0 Å². The highest BCUT2D eigenvalue weighted by Gasteiger charge is 2.17. The Labute approximate surface area is 250 Å². The second-order valence-electron chi connectivity index (χ2n) is 12.4. The van der Waals surface area contributed by atoms with Gasteiger partial charge in [-0.25, -0.2) is 4.39 Å². The van der Waals surface area contributed by atoms with Crippen molar-refractivity contribution >= 4 is 22.7 Å². The van der Waals surface area contributed by atoms with E-state index >= 15 is 0 Å². The topological polar surface area (TPSA) is 50.4 Å². The molecule has 0 spiro atoms. The van der Waals surface area contributed by atoms with Gasteiger partial charge in [0.15, 0.2) is 5.43 Å². The minimum Gasteiger partial charge on any atom is -0.508 e. The van der Waals surface area contributed by atoms with Crippen molar-refractivity contribution in [2.45, 2.75) is 98.2 Å². The van der Waals surface area contributed by atoms with E-state index in [0.717, 1.165) is 29.9 Å². The monoisotopic (exact) mass is 580 g/mol. The van der Waals surface area contributed by atoms with Gasteiger partial charge in [-0.3, -0.25) is 4.79 Å². The molecule has 3 rings (SSSR count). The first-order valence-electron chi connectivity index (χ1n) is 15.4. The number of phenols is 1. The zero-order valence-electron chi connectivity index (χ0n) is 25.7. The molecule has 41 heavy (non-hydrogen) atoms. The van der Waals surface area contributed by atoms with Crippen LogP contribution in [0.1, 0.15) is 98.0 Å². The molecule has 224 valence electrons. The SMILES string of the molecule is C/C(=C\CSCc1c(-c2ccc(F)cc2)oc2ccc(O)cc2c1=O)CCC[C@H](C)CCC[C@H](C)CCCC(C)C. The Hall–Kier alpha value is -2.53. The van der Waals surface area contributed by atoms with Gasteiger partial charge in [-0.15, -0.1) is 0 Å². The lowest BCUT2D eigenvalue weighted by molar-refractivity contribution is 0.389. The van der Waals surface area contributed by atoms with Crippen LogP contribution >= 0.6 is 11.8 Å². The molecule has 0 amide bonds. The normalized spacial score (nSPS) is 13.7. The Balaban J connectivity index is 1.47. The van der Waals surface area contributed by atoms with Crippen molar-refractivity contribution in [3.8, 4) is 17.1 Å². The summed E-state index contributed by atoms with van der Waals surface area (Å²) in [5.74, 6) is 3.86. The van der Waals surface area contributed by atoms with Gasteiger partial charge in [0.05, 0.1) is 10.9 Å². The first kappa shape index (κ1) is 33.0. The molecule has 1 heterocycles. The van der Waals surface area contributed by atoms with Crippen molar-refractivity contribution in [2.75, 3.05) is 5.75 Å². The number of fused-ring (bicyclic) bond motifs is 1. The Bertz CT molecular complexity index is 1310. The smallest absolute Gasteiger partial charge is 0.197 e. The molecule has 0 saturated heterocycles. The first-order chi connectivity index (χ1) is 19.6. The van der Waals surface area contributed by atoms with E-state index in [4.69, 9.17) is 4.42 Å². The number of rotatable bonds is 17. The fraction of sp³-hybridized carbons (Fsp3) is 0.528. The molecule has 0 radical (unpaired) electrons. The van der Waals surface area contributed by atoms with Crippen molar-refractivity contribution in [1.29, 1.82) is 0 Å². The van der Waals surface area contributed by atoms with Crippen LogP contribution in [-0.4, -0.2) is 10.9 Å². The number of hydrogen-bond donors (Lipinski definition) is 1. The van der Waals surface area contributed by atoms with Crippen LogP contribution in [0.4, 0.5) is 4.39 Å². The van der Waals surface area contributed by atoms with Gasteiger partial charge in [0.25, 0.3) is 0 Å². The molecule has 2 atom stereocenters. The molecule has 0 aliphatic carbocycles. The second kappa shape index (κ2) is 16.8. The van der Waals surface area contributed by atoms with Crippen LogP contribution in [0.5, 0.6) is 5.75 Å². The van der Waals surface area contributed by atoms with Crippen LogP contribution in [0.15, 0.2) is 63.3 Å². The Kier molecular flexibility index (Phi) is 13.5. The van der Waals surface area contributed by atoms with Crippen molar-refractivity contribution in [2.24, 2.45) is 17.8 Å². The van der Waals surface area contributed by atoms with Gasteiger partial charge in [-0.05, 0) is 80.0 Å². The lowest BCUT2D eigenvalue weighted by Crippen LogP contribution is -2.10. The molecule has 0 saturated carbocycles. The maximum absolute atomic E-state index is 13.5. The average molecular weight is 581 g/mol. The zero-order valence-corrected chi connectivity index (χ0v) is 26.5. The highest BCUT2D eigenvalue weighted by Crippen LogP contribution is 2.30. The molecule has 1 N–H and O–H groups in total. The Morgan fingerprint density at radius 2 is 1.56 bits per heavy atom. The van der Waals surface area contributed by atoms with Gasteiger partial charge in [0, 0.05) is 17.1 Å². The van der Waals surface area contributed by atoms with E-state index in [-0.39, 0.29) is 17.0 Å². The van der Waals surface area contributed by atoms with Crippen molar-refractivity contribution < 1.29 is 13.9 Å². The van der Waals surface area contributed by atoms with E-state index in [1.54, 1.807) is 30.0 Å². The third-order valence-corrected chi connectivity index (χ3v) is 8.91. The van der Waals surface area contributed by atoms with E-state index in [2.05, 4.69) is 40.7 Å². The van der Waals surface area contributed by atoms with E-state index in [1.165, 1.54) is 81.2 Å². The standard InChI is InChI=1S/C36H49FO3S/c1-25(2)9-6-10-26(3)11-7-12-27(4)13-8-14-28(5)21-22-41-24-33-35(39)32-23-31(38)19-20-34(32)40-36(33)29-15-17-30(37)18-16-29/h15-21,23,25-27,38H,6-14,22,24H2,1-5H3/b28-21+/t26-,27-/m1/s1. The molecule has 3 aromatic rings. The summed E-state index contributed by atoms with van der Waals surface area (Å²) < 4.78 is 19.7. The summed E-state index contributed by atoms with van der Waals surface area (Å²) in [5.41, 5.74) is 2.83. The van der Waals surface area contributed by atoms with Gasteiger partial charge in [-0.1, -0.05) is 84.3 Å². The van der Waals surface area contributed by atoms with Gasteiger partial charge < -0.3 is 9.52 Å². The van der Waals surface area contributed by atoms with Crippen molar-refractivity contribution in [3.63, 3.8) is 0 Å². The molecule has 0 unspecified atom stereocenters. The van der Waals surface area contributed by atoms with E-state index in [1.807, 2.05) is 0 Å². The highest BCUT2D eigenvalue weighted by molar-refractivity contribution is 7.98. The summed E-state index contributed by atoms with van der Waals surface area (Å²) in [6.07, 6.45) is 14.0. The van der Waals surface area contributed by atoms with Crippen LogP contribution in [-0.2, 0) is 5.75 Å². The summed E-state index contributed by atoms with van der Waals surface area (Å²) >= 11 is 1.66. The molecule has 3 nitrogen and oxygen atoms in total. The minimum absolute atomic E-state index is 0.0254. The number of phenolic OH excluding ortho intramolecular Hbond substituents is 1.